The lowest BCUT2D eigenvalue weighted by Gasteiger charge is -2.32. The quantitative estimate of drug-likeness (QED) is 0.498. The molecule has 4 rings (SSSR count). The minimum absolute atomic E-state index is 0.0177. The monoisotopic (exact) mass is 480 g/mol. The molecule has 1 N–H and O–H groups in total. The molecule has 3 heterocycles. The minimum Gasteiger partial charge on any atom is -0.493 e. The Labute approximate surface area is 205 Å². The third-order valence-corrected chi connectivity index (χ3v) is 6.32. The number of anilines is 1. The SMILES string of the molecule is COc1cc(C(C)NC(=O)C2CCN(c3ccc(Cl)cn3)CC2)ccc1OCc1ccncc1. The standard InChI is InChI=1S/C26H29ClN4O3/c1-18(21-3-5-23(24(15-21)33-2)34-17-19-7-11-28-12-8-19)30-26(32)20-9-13-31(14-10-20)25-6-4-22(27)16-29-25/h3-8,11-12,15-16,18,20H,9-10,13-14,17H2,1-2H3,(H,30,32). The number of carbonyl (C=O) groups excluding carboxylic acids is 1. The summed E-state index contributed by atoms with van der Waals surface area (Å²) in [7, 11) is 1.62. The van der Waals surface area contributed by atoms with E-state index in [1.165, 1.54) is 0 Å². The van der Waals surface area contributed by atoms with Crippen LogP contribution in [0.15, 0.2) is 61.1 Å². The number of rotatable bonds is 8. The molecule has 0 radical (unpaired) electrons. The molecule has 1 atom stereocenters. The summed E-state index contributed by atoms with van der Waals surface area (Å²) in [6.07, 6.45) is 6.70. The second kappa shape index (κ2) is 11.2. The van der Waals surface area contributed by atoms with Crippen molar-refractivity contribution in [3.05, 3.63) is 77.2 Å². The van der Waals surface area contributed by atoms with Gasteiger partial charge in [-0.25, -0.2) is 4.98 Å². The molecule has 1 unspecified atom stereocenters. The van der Waals surface area contributed by atoms with Gasteiger partial charge in [-0.1, -0.05) is 17.7 Å². The summed E-state index contributed by atoms with van der Waals surface area (Å²) in [5.41, 5.74) is 1.99. The van der Waals surface area contributed by atoms with Crippen molar-refractivity contribution in [2.45, 2.75) is 32.4 Å². The van der Waals surface area contributed by atoms with E-state index < -0.39 is 0 Å². The summed E-state index contributed by atoms with van der Waals surface area (Å²) < 4.78 is 11.5. The van der Waals surface area contributed by atoms with Gasteiger partial charge in [0.05, 0.1) is 18.2 Å². The van der Waals surface area contributed by atoms with Gasteiger partial charge in [0.2, 0.25) is 5.91 Å². The third kappa shape index (κ3) is 5.97. The van der Waals surface area contributed by atoms with Crippen LogP contribution in [0.2, 0.25) is 5.02 Å². The van der Waals surface area contributed by atoms with Crippen molar-refractivity contribution in [1.82, 2.24) is 15.3 Å². The van der Waals surface area contributed by atoms with E-state index in [0.717, 1.165) is 42.9 Å². The van der Waals surface area contributed by atoms with Crippen molar-refractivity contribution < 1.29 is 14.3 Å². The van der Waals surface area contributed by atoms with E-state index >= 15 is 0 Å². The van der Waals surface area contributed by atoms with Gasteiger partial charge in [0.25, 0.3) is 0 Å². The number of ether oxygens (including phenoxy) is 2. The van der Waals surface area contributed by atoms with Crippen LogP contribution in [0.25, 0.3) is 0 Å². The maximum Gasteiger partial charge on any atom is 0.223 e. The van der Waals surface area contributed by atoms with Crippen LogP contribution in [-0.4, -0.2) is 36.1 Å². The first kappa shape index (κ1) is 23.8. The van der Waals surface area contributed by atoms with Crippen LogP contribution < -0.4 is 19.7 Å². The molecule has 0 saturated carbocycles. The highest BCUT2D eigenvalue weighted by molar-refractivity contribution is 6.30. The molecule has 34 heavy (non-hydrogen) atoms. The first-order chi connectivity index (χ1) is 16.5. The minimum atomic E-state index is -0.147. The van der Waals surface area contributed by atoms with E-state index in [9.17, 15) is 4.79 Å². The average molecular weight is 481 g/mol. The van der Waals surface area contributed by atoms with Gasteiger partial charge in [-0.3, -0.25) is 9.78 Å². The van der Waals surface area contributed by atoms with Gasteiger partial charge in [0.15, 0.2) is 11.5 Å². The predicted octanol–water partition coefficient (Wildman–Crippen LogP) is 4.81. The Morgan fingerprint density at radius 1 is 1.15 bits per heavy atom. The van der Waals surface area contributed by atoms with E-state index in [-0.39, 0.29) is 17.9 Å². The first-order valence-corrected chi connectivity index (χ1v) is 11.8. The Morgan fingerprint density at radius 3 is 2.59 bits per heavy atom. The molecule has 1 aromatic carbocycles. The van der Waals surface area contributed by atoms with Crippen LogP contribution >= 0.6 is 11.6 Å². The maximum absolute atomic E-state index is 12.9. The zero-order valence-corrected chi connectivity index (χ0v) is 20.2. The van der Waals surface area contributed by atoms with Gasteiger partial charge >= 0.3 is 0 Å². The smallest absolute Gasteiger partial charge is 0.223 e. The average Bonchev–Trinajstić information content (AvgIpc) is 2.88. The molecule has 1 aliphatic heterocycles. The third-order valence-electron chi connectivity index (χ3n) is 6.09. The number of pyridine rings is 2. The van der Waals surface area contributed by atoms with E-state index in [0.29, 0.717) is 23.1 Å². The van der Waals surface area contributed by atoms with Gasteiger partial charge in [-0.2, -0.15) is 0 Å². The molecule has 7 nitrogen and oxygen atoms in total. The van der Waals surface area contributed by atoms with Crippen LogP contribution in [0, 0.1) is 5.92 Å². The number of nitrogens with one attached hydrogen (secondary N) is 1. The van der Waals surface area contributed by atoms with Crippen molar-refractivity contribution in [1.29, 1.82) is 0 Å². The Bertz CT molecular complexity index is 1090. The molecule has 1 aliphatic rings. The fraction of sp³-hybridized carbons (Fsp3) is 0.346. The van der Waals surface area contributed by atoms with Crippen LogP contribution in [-0.2, 0) is 11.4 Å². The molecular weight excluding hydrogens is 452 g/mol. The number of amides is 1. The summed E-state index contributed by atoms with van der Waals surface area (Å²) in [5.74, 6) is 2.25. The largest absolute Gasteiger partial charge is 0.493 e. The Morgan fingerprint density at radius 2 is 1.91 bits per heavy atom. The van der Waals surface area contributed by atoms with E-state index in [1.54, 1.807) is 25.7 Å². The van der Waals surface area contributed by atoms with Gasteiger partial charge in [-0.15, -0.1) is 0 Å². The maximum atomic E-state index is 12.9. The second-order valence-electron chi connectivity index (χ2n) is 8.38. The molecule has 1 amide bonds. The number of hydrogen-bond acceptors (Lipinski definition) is 6. The lowest BCUT2D eigenvalue weighted by Crippen LogP contribution is -2.41. The normalized spacial score (nSPS) is 15.0. The van der Waals surface area contributed by atoms with Crippen LogP contribution in [0.1, 0.15) is 36.9 Å². The molecule has 0 spiro atoms. The van der Waals surface area contributed by atoms with Crippen LogP contribution in [0.5, 0.6) is 11.5 Å². The van der Waals surface area contributed by atoms with Crippen LogP contribution in [0.3, 0.4) is 0 Å². The molecule has 8 heteroatoms. The summed E-state index contributed by atoms with van der Waals surface area (Å²) in [5, 5.41) is 3.78. The number of benzene rings is 1. The lowest BCUT2D eigenvalue weighted by molar-refractivity contribution is -0.126. The van der Waals surface area contributed by atoms with E-state index in [4.69, 9.17) is 21.1 Å². The fourth-order valence-electron chi connectivity index (χ4n) is 4.05. The van der Waals surface area contributed by atoms with Gasteiger partial charge in [-0.05, 0) is 67.3 Å². The van der Waals surface area contributed by atoms with Crippen molar-refractivity contribution in [2.75, 3.05) is 25.1 Å². The molecule has 178 valence electrons. The van der Waals surface area contributed by atoms with Crippen molar-refractivity contribution in [2.24, 2.45) is 5.92 Å². The van der Waals surface area contributed by atoms with Gasteiger partial charge in [0.1, 0.15) is 12.4 Å². The van der Waals surface area contributed by atoms with E-state index in [1.807, 2.05) is 49.4 Å². The van der Waals surface area contributed by atoms with Crippen molar-refractivity contribution in [3.63, 3.8) is 0 Å². The molecule has 1 fully saturated rings. The molecule has 3 aromatic rings. The Kier molecular flexibility index (Phi) is 7.85. The van der Waals surface area contributed by atoms with Crippen molar-refractivity contribution in [3.8, 4) is 11.5 Å². The number of methoxy groups -OCH3 is 1. The number of hydrogen-bond donors (Lipinski definition) is 1. The highest BCUT2D eigenvalue weighted by atomic mass is 35.5. The summed E-state index contributed by atoms with van der Waals surface area (Å²) in [6, 6.07) is 13.2. The summed E-state index contributed by atoms with van der Waals surface area (Å²) >= 11 is 5.93. The first-order valence-electron chi connectivity index (χ1n) is 11.4. The lowest BCUT2D eigenvalue weighted by atomic mass is 9.95. The summed E-state index contributed by atoms with van der Waals surface area (Å²) in [4.78, 5) is 23.5. The Balaban J connectivity index is 1.31. The van der Waals surface area contributed by atoms with Gasteiger partial charge in [0, 0.05) is 37.6 Å². The number of halogens is 1. The number of nitrogens with zero attached hydrogens (tertiary/aromatic N) is 3. The number of aromatic nitrogens is 2. The number of carbonyl (C=O) groups is 1. The zero-order chi connectivity index (χ0) is 23.9. The molecule has 0 bridgehead atoms. The van der Waals surface area contributed by atoms with E-state index in [2.05, 4.69) is 20.2 Å². The molecule has 2 aromatic heterocycles. The predicted molar refractivity (Wildman–Crippen MR) is 132 cm³/mol. The molecular formula is C26H29ClN4O3. The number of piperidine rings is 1. The van der Waals surface area contributed by atoms with Gasteiger partial charge < -0.3 is 19.7 Å². The highest BCUT2D eigenvalue weighted by Gasteiger charge is 2.26. The Hall–Kier alpha value is -3.32. The topological polar surface area (TPSA) is 76.6 Å². The van der Waals surface area contributed by atoms with Crippen molar-refractivity contribution >= 4 is 23.3 Å². The molecule has 1 saturated heterocycles. The molecule has 0 aliphatic carbocycles. The zero-order valence-electron chi connectivity index (χ0n) is 19.4. The summed E-state index contributed by atoms with van der Waals surface area (Å²) in [6.45, 7) is 3.99. The highest BCUT2D eigenvalue weighted by Crippen LogP contribution is 2.31. The fourth-order valence-corrected chi connectivity index (χ4v) is 4.17. The second-order valence-corrected chi connectivity index (χ2v) is 8.82. The van der Waals surface area contributed by atoms with Crippen LogP contribution in [0.4, 0.5) is 5.82 Å².